The van der Waals surface area contributed by atoms with Gasteiger partial charge in [0.05, 0.1) is 17.8 Å². The molecule has 2 aliphatic heterocycles. The van der Waals surface area contributed by atoms with E-state index in [1.807, 2.05) is 31.9 Å². The molecular weight excluding hydrogens is 504 g/mol. The summed E-state index contributed by atoms with van der Waals surface area (Å²) >= 11 is 4.50. The molecule has 0 saturated carbocycles. The molecule has 0 spiro atoms. The van der Waals surface area contributed by atoms with Crippen LogP contribution in [0, 0.1) is 11.3 Å². The number of urea groups is 1. The summed E-state index contributed by atoms with van der Waals surface area (Å²) in [6.07, 6.45) is 3.50. The first kappa shape index (κ1) is 27.3. The fraction of sp³-hybridized carbons (Fsp3) is 0.462. The molecule has 4 rings (SSSR count). The number of aldehydes is 1. The van der Waals surface area contributed by atoms with Crippen LogP contribution in [0.15, 0.2) is 18.3 Å². The van der Waals surface area contributed by atoms with Crippen molar-refractivity contribution >= 4 is 48.2 Å². The fourth-order valence-electron chi connectivity index (χ4n) is 4.43. The Labute approximate surface area is 227 Å². The Bertz CT molecular complexity index is 1290. The van der Waals surface area contributed by atoms with Crippen LogP contribution in [-0.2, 0) is 17.8 Å². The van der Waals surface area contributed by atoms with Crippen molar-refractivity contribution in [2.75, 3.05) is 55.3 Å². The molecule has 2 aromatic rings. The molecule has 0 aromatic carbocycles. The second kappa shape index (κ2) is 11.4. The first-order chi connectivity index (χ1) is 18.1. The van der Waals surface area contributed by atoms with Gasteiger partial charge in [-0.1, -0.05) is 0 Å². The van der Waals surface area contributed by atoms with Gasteiger partial charge < -0.3 is 10.2 Å². The van der Waals surface area contributed by atoms with Crippen molar-refractivity contribution in [2.45, 2.75) is 38.0 Å². The Hall–Kier alpha value is -3.69. The van der Waals surface area contributed by atoms with Crippen molar-refractivity contribution in [3.05, 3.63) is 40.7 Å². The number of hydrogen-bond acceptors (Lipinski definition) is 9. The Morgan fingerprint density at radius 2 is 2.08 bits per heavy atom. The smallest absolute Gasteiger partial charge is 0.328 e. The zero-order valence-corrected chi connectivity index (χ0v) is 22.7. The minimum Gasteiger partial charge on any atom is -0.382 e. The normalized spacial score (nSPS) is 16.0. The number of nitriles is 1. The molecule has 1 fully saturated rings. The molecule has 0 aliphatic carbocycles. The molecule has 0 unspecified atom stereocenters. The van der Waals surface area contributed by atoms with Crippen LogP contribution in [0.25, 0.3) is 0 Å². The van der Waals surface area contributed by atoms with Gasteiger partial charge in [-0.15, -0.1) is 0 Å². The molecule has 0 atom stereocenters. The van der Waals surface area contributed by atoms with E-state index in [9.17, 15) is 19.6 Å². The van der Waals surface area contributed by atoms with E-state index in [-0.39, 0.29) is 22.2 Å². The Kier molecular flexibility index (Phi) is 8.18. The van der Waals surface area contributed by atoms with E-state index in [0.717, 1.165) is 18.5 Å². The van der Waals surface area contributed by atoms with Crippen LogP contribution in [0.5, 0.6) is 0 Å². The second-order valence-corrected chi connectivity index (χ2v) is 11.5. The molecule has 38 heavy (non-hydrogen) atoms. The summed E-state index contributed by atoms with van der Waals surface area (Å²) in [7, 11) is 1.90. The molecule has 2 aromatic heterocycles. The van der Waals surface area contributed by atoms with Crippen molar-refractivity contribution in [3.63, 3.8) is 0 Å². The zero-order chi connectivity index (χ0) is 27.4. The molecule has 2 N–H and O–H groups in total. The molecule has 3 amide bonds. The average Bonchev–Trinajstić information content (AvgIpc) is 2.87. The first-order valence-corrected chi connectivity index (χ1v) is 12.9. The van der Waals surface area contributed by atoms with E-state index in [0.29, 0.717) is 68.1 Å². The molecule has 0 bridgehead atoms. The standard InChI is InChI=1S/C26H32N8O3S/c1-26(2,38)16-29-20-10-22(28-12-19(20)11-27)31-25(37)34-6-4-5-17-9-18(21(15-35)30-24(17)34)13-33-8-7-32(3)14-23(33)36/h9-10,12,15,38H,4-8,13-14,16H2,1-3H3,(H2,28,29,31,37). The molecule has 4 heterocycles. The largest absolute Gasteiger partial charge is 0.382 e. The zero-order valence-electron chi connectivity index (χ0n) is 21.8. The molecule has 0 radical (unpaired) electrons. The molecular formula is C26H32N8O3S. The number of likely N-dealkylation sites (N-methyl/N-ethyl adjacent to an activating group) is 1. The third-order valence-electron chi connectivity index (χ3n) is 6.47. The third kappa shape index (κ3) is 6.41. The van der Waals surface area contributed by atoms with Gasteiger partial charge >= 0.3 is 6.03 Å². The lowest BCUT2D eigenvalue weighted by Crippen LogP contribution is -2.48. The lowest BCUT2D eigenvalue weighted by atomic mass is 10.0. The van der Waals surface area contributed by atoms with Gasteiger partial charge in [0, 0.05) is 55.3 Å². The van der Waals surface area contributed by atoms with E-state index in [1.165, 1.54) is 11.1 Å². The van der Waals surface area contributed by atoms with Crippen LogP contribution in [0.3, 0.4) is 0 Å². The highest BCUT2D eigenvalue weighted by molar-refractivity contribution is 7.81. The van der Waals surface area contributed by atoms with Gasteiger partial charge in [0.1, 0.15) is 23.4 Å². The number of carbonyl (C=O) groups excluding carboxylic acids is 3. The summed E-state index contributed by atoms with van der Waals surface area (Å²) in [4.78, 5) is 51.6. The predicted molar refractivity (Wildman–Crippen MR) is 148 cm³/mol. The molecule has 1 saturated heterocycles. The van der Waals surface area contributed by atoms with Gasteiger partial charge in [-0.05, 0) is 45.4 Å². The van der Waals surface area contributed by atoms with Gasteiger partial charge in [0.2, 0.25) is 5.91 Å². The number of piperazine rings is 1. The number of fused-ring (bicyclic) bond motifs is 1. The van der Waals surface area contributed by atoms with Gasteiger partial charge in [0.15, 0.2) is 6.29 Å². The maximum Gasteiger partial charge on any atom is 0.328 e. The third-order valence-corrected chi connectivity index (χ3v) is 6.63. The summed E-state index contributed by atoms with van der Waals surface area (Å²) in [6, 6.07) is 5.16. The Balaban J connectivity index is 1.54. The number of hydrogen-bond donors (Lipinski definition) is 3. The number of carbonyl (C=O) groups is 3. The number of amides is 3. The minimum atomic E-state index is -0.435. The first-order valence-electron chi connectivity index (χ1n) is 12.5. The van der Waals surface area contributed by atoms with Crippen LogP contribution >= 0.6 is 12.6 Å². The number of thiol groups is 1. The molecule has 2 aliphatic rings. The highest BCUT2D eigenvalue weighted by Crippen LogP contribution is 2.29. The lowest BCUT2D eigenvalue weighted by Gasteiger charge is -2.33. The van der Waals surface area contributed by atoms with Crippen molar-refractivity contribution < 1.29 is 14.4 Å². The van der Waals surface area contributed by atoms with Gasteiger partial charge in [-0.2, -0.15) is 17.9 Å². The van der Waals surface area contributed by atoms with E-state index in [2.05, 4.69) is 39.3 Å². The highest BCUT2D eigenvalue weighted by atomic mass is 32.1. The summed E-state index contributed by atoms with van der Waals surface area (Å²) in [5.41, 5.74) is 2.64. The van der Waals surface area contributed by atoms with Crippen LogP contribution < -0.4 is 15.5 Å². The van der Waals surface area contributed by atoms with Gasteiger partial charge in [-0.3, -0.25) is 24.7 Å². The SMILES string of the molecule is CN1CCN(Cc2cc3c(nc2C=O)N(C(=O)Nc2cc(NCC(C)(C)S)c(C#N)cn2)CCC3)C(=O)C1. The van der Waals surface area contributed by atoms with Gasteiger partial charge in [0.25, 0.3) is 0 Å². The topological polar surface area (TPSA) is 135 Å². The van der Waals surface area contributed by atoms with E-state index < -0.39 is 6.03 Å². The van der Waals surface area contributed by atoms with Crippen molar-refractivity contribution in [1.82, 2.24) is 19.8 Å². The second-order valence-electron chi connectivity index (χ2n) is 10.3. The van der Waals surface area contributed by atoms with E-state index in [4.69, 9.17) is 0 Å². The predicted octanol–water partition coefficient (Wildman–Crippen LogP) is 2.54. The summed E-state index contributed by atoms with van der Waals surface area (Å²) in [5.74, 6) is 0.713. The number of aryl methyl sites for hydroxylation is 1. The summed E-state index contributed by atoms with van der Waals surface area (Å²) < 4.78 is -0.310. The molecule has 200 valence electrons. The van der Waals surface area contributed by atoms with Crippen LogP contribution in [0.1, 0.15) is 47.4 Å². The summed E-state index contributed by atoms with van der Waals surface area (Å²) in [6.45, 7) is 6.82. The lowest BCUT2D eigenvalue weighted by molar-refractivity contribution is -0.136. The highest BCUT2D eigenvalue weighted by Gasteiger charge is 2.28. The maximum atomic E-state index is 13.3. The molecule has 11 nitrogen and oxygen atoms in total. The van der Waals surface area contributed by atoms with E-state index in [1.54, 1.807) is 11.0 Å². The fourth-order valence-corrected chi connectivity index (χ4v) is 4.51. The van der Waals surface area contributed by atoms with Crippen LogP contribution in [0.4, 0.5) is 22.1 Å². The number of nitrogens with zero attached hydrogens (tertiary/aromatic N) is 6. The quantitative estimate of drug-likeness (QED) is 0.363. The van der Waals surface area contributed by atoms with Crippen LogP contribution in [-0.4, -0.2) is 82.5 Å². The van der Waals surface area contributed by atoms with Crippen molar-refractivity contribution in [3.8, 4) is 6.07 Å². The maximum absolute atomic E-state index is 13.3. The van der Waals surface area contributed by atoms with E-state index >= 15 is 0 Å². The van der Waals surface area contributed by atoms with Gasteiger partial charge in [-0.25, -0.2) is 14.8 Å². The number of nitrogens with one attached hydrogen (secondary N) is 2. The Morgan fingerprint density at radius 1 is 1.29 bits per heavy atom. The number of rotatable bonds is 7. The Morgan fingerprint density at radius 3 is 2.76 bits per heavy atom. The molecule has 12 heteroatoms. The van der Waals surface area contributed by atoms with Crippen molar-refractivity contribution in [1.29, 1.82) is 5.26 Å². The monoisotopic (exact) mass is 536 g/mol. The van der Waals surface area contributed by atoms with Crippen LogP contribution in [0.2, 0.25) is 0 Å². The van der Waals surface area contributed by atoms with Crippen molar-refractivity contribution in [2.24, 2.45) is 0 Å². The number of aromatic nitrogens is 2. The average molecular weight is 537 g/mol. The summed E-state index contributed by atoms with van der Waals surface area (Å²) in [5, 5.41) is 15.4. The number of anilines is 3. The number of pyridine rings is 2. The minimum absolute atomic E-state index is 0.0102.